The molecule has 1 atom stereocenters. The third-order valence-corrected chi connectivity index (χ3v) is 6.54. The number of hydrogen-bond donors (Lipinski definition) is 1. The Hall–Kier alpha value is -3.77. The molecule has 3 heterocycles. The van der Waals surface area contributed by atoms with Crippen LogP contribution in [0, 0.1) is 0 Å². The Balaban J connectivity index is 1.60. The molecule has 12 heteroatoms. The van der Waals surface area contributed by atoms with Crippen LogP contribution < -0.4 is 5.32 Å². The van der Waals surface area contributed by atoms with Crippen LogP contribution >= 0.6 is 0 Å². The van der Waals surface area contributed by atoms with E-state index in [-0.39, 0.29) is 17.3 Å². The van der Waals surface area contributed by atoms with E-state index in [1.807, 2.05) is 6.92 Å². The van der Waals surface area contributed by atoms with Gasteiger partial charge in [-0.25, -0.2) is 9.97 Å². The van der Waals surface area contributed by atoms with Crippen molar-refractivity contribution in [2.24, 2.45) is 0 Å². The Kier molecular flexibility index (Phi) is 7.17. The smallest absolute Gasteiger partial charge is 0.379 e. The van der Waals surface area contributed by atoms with E-state index < -0.39 is 23.5 Å². The summed E-state index contributed by atoms with van der Waals surface area (Å²) >= 11 is 0. The number of halogens is 6. The summed E-state index contributed by atoms with van der Waals surface area (Å²) in [5, 5.41) is 3.55. The van der Waals surface area contributed by atoms with Gasteiger partial charge in [-0.1, -0.05) is 6.07 Å². The van der Waals surface area contributed by atoms with Crippen molar-refractivity contribution < 1.29 is 31.1 Å². The summed E-state index contributed by atoms with van der Waals surface area (Å²) < 4.78 is 85.5. The molecule has 204 valence electrons. The summed E-state index contributed by atoms with van der Waals surface area (Å²) in [6.07, 6.45) is -7.79. The first-order valence-electron chi connectivity index (χ1n) is 12.1. The summed E-state index contributed by atoms with van der Waals surface area (Å²) in [4.78, 5) is 15.5. The molecular formula is C27H23F6N5O. The van der Waals surface area contributed by atoms with E-state index in [0.717, 1.165) is 18.2 Å². The van der Waals surface area contributed by atoms with Crippen LogP contribution in [0.15, 0.2) is 60.8 Å². The fraction of sp³-hybridized carbons (Fsp3) is 0.296. The molecule has 2 aromatic carbocycles. The molecule has 4 aromatic rings. The SMILES string of the molecule is CC(c1nc(Nc2ccc(C(F)(F)F)cc2)c2ccc(-c3ncccc3C(F)(F)F)cc2n1)N1CCOCC1. The van der Waals surface area contributed by atoms with Crippen molar-refractivity contribution in [3.8, 4) is 11.3 Å². The number of nitrogens with zero attached hydrogens (tertiary/aromatic N) is 4. The van der Waals surface area contributed by atoms with E-state index in [9.17, 15) is 26.3 Å². The lowest BCUT2D eigenvalue weighted by Gasteiger charge is -2.31. The van der Waals surface area contributed by atoms with Crippen molar-refractivity contribution >= 4 is 22.4 Å². The highest BCUT2D eigenvalue weighted by Crippen LogP contribution is 2.37. The number of alkyl halides is 6. The van der Waals surface area contributed by atoms with E-state index in [1.165, 1.54) is 36.5 Å². The van der Waals surface area contributed by atoms with E-state index in [2.05, 4.69) is 25.2 Å². The van der Waals surface area contributed by atoms with E-state index in [0.29, 0.717) is 54.5 Å². The normalized spacial score (nSPS) is 15.9. The number of aromatic nitrogens is 3. The first-order valence-corrected chi connectivity index (χ1v) is 12.1. The molecule has 1 saturated heterocycles. The summed E-state index contributed by atoms with van der Waals surface area (Å²) in [5.74, 6) is 0.728. The topological polar surface area (TPSA) is 63.2 Å². The van der Waals surface area contributed by atoms with Gasteiger partial charge in [-0.2, -0.15) is 26.3 Å². The zero-order valence-electron chi connectivity index (χ0n) is 20.6. The Morgan fingerprint density at radius 2 is 1.62 bits per heavy atom. The number of morpholine rings is 1. The molecule has 5 rings (SSSR count). The number of rotatable bonds is 5. The number of ether oxygens (including phenoxy) is 1. The fourth-order valence-electron chi connectivity index (χ4n) is 4.45. The molecule has 0 amide bonds. The van der Waals surface area contributed by atoms with E-state index in [4.69, 9.17) is 4.74 Å². The highest BCUT2D eigenvalue weighted by molar-refractivity contribution is 5.93. The predicted octanol–water partition coefficient (Wildman–Crippen LogP) is 6.87. The number of benzene rings is 2. The standard InChI is InChI=1S/C27H23F6N5O/c1-16(38-11-13-39-14-12-38)24-36-22-15-17(23-21(27(31,32)33)3-2-10-34-23)4-9-20(22)25(37-24)35-19-7-5-18(6-8-19)26(28,29)30/h2-10,15-16H,11-14H2,1H3,(H,35,36,37). The zero-order chi connectivity index (χ0) is 27.8. The molecule has 1 fully saturated rings. The maximum atomic E-state index is 13.7. The second kappa shape index (κ2) is 10.4. The van der Waals surface area contributed by atoms with Gasteiger partial charge < -0.3 is 10.1 Å². The number of pyridine rings is 1. The molecule has 2 aromatic heterocycles. The van der Waals surface area contributed by atoms with Gasteiger partial charge in [0.1, 0.15) is 11.6 Å². The second-order valence-electron chi connectivity index (χ2n) is 9.08. The van der Waals surface area contributed by atoms with Crippen molar-refractivity contribution in [3.63, 3.8) is 0 Å². The molecule has 0 radical (unpaired) electrons. The van der Waals surface area contributed by atoms with Crippen molar-refractivity contribution in [2.45, 2.75) is 25.3 Å². The molecule has 1 aliphatic rings. The average Bonchev–Trinajstić information content (AvgIpc) is 2.92. The van der Waals surface area contributed by atoms with Gasteiger partial charge in [0.2, 0.25) is 0 Å². The molecule has 0 saturated carbocycles. The third-order valence-electron chi connectivity index (χ3n) is 6.54. The molecule has 6 nitrogen and oxygen atoms in total. The molecule has 1 unspecified atom stereocenters. The number of nitrogens with one attached hydrogen (secondary N) is 1. The third kappa shape index (κ3) is 5.81. The predicted molar refractivity (Wildman–Crippen MR) is 133 cm³/mol. The lowest BCUT2D eigenvalue weighted by molar-refractivity contribution is -0.138. The van der Waals surface area contributed by atoms with E-state index >= 15 is 0 Å². The van der Waals surface area contributed by atoms with Crippen LogP contribution in [0.5, 0.6) is 0 Å². The minimum atomic E-state index is -4.60. The van der Waals surface area contributed by atoms with Gasteiger partial charge in [0.15, 0.2) is 0 Å². The van der Waals surface area contributed by atoms with Crippen molar-refractivity contribution in [1.82, 2.24) is 19.9 Å². The Bertz CT molecular complexity index is 1470. The fourth-order valence-corrected chi connectivity index (χ4v) is 4.45. The Morgan fingerprint density at radius 1 is 0.897 bits per heavy atom. The molecule has 0 aliphatic carbocycles. The molecule has 1 aliphatic heterocycles. The van der Waals surface area contributed by atoms with Crippen LogP contribution in [0.3, 0.4) is 0 Å². The van der Waals surface area contributed by atoms with Gasteiger partial charge in [0.05, 0.1) is 41.6 Å². The van der Waals surface area contributed by atoms with Crippen molar-refractivity contribution in [1.29, 1.82) is 0 Å². The lowest BCUT2D eigenvalue weighted by Crippen LogP contribution is -2.38. The highest BCUT2D eigenvalue weighted by Gasteiger charge is 2.34. The quantitative estimate of drug-likeness (QED) is 0.275. The summed E-state index contributed by atoms with van der Waals surface area (Å²) in [6, 6.07) is 11.0. The number of fused-ring (bicyclic) bond motifs is 1. The molecule has 0 bridgehead atoms. The summed E-state index contributed by atoms with van der Waals surface area (Å²) in [5.41, 5.74) is -0.942. The zero-order valence-corrected chi connectivity index (χ0v) is 20.6. The summed E-state index contributed by atoms with van der Waals surface area (Å²) in [7, 11) is 0. The highest BCUT2D eigenvalue weighted by atomic mass is 19.4. The molecule has 1 N–H and O–H groups in total. The minimum absolute atomic E-state index is 0.222. The molecular weight excluding hydrogens is 524 g/mol. The van der Waals surface area contributed by atoms with Crippen molar-refractivity contribution in [3.05, 3.63) is 77.7 Å². The number of hydrogen-bond acceptors (Lipinski definition) is 6. The average molecular weight is 548 g/mol. The van der Waals surface area contributed by atoms with Gasteiger partial charge in [0, 0.05) is 35.9 Å². The second-order valence-corrected chi connectivity index (χ2v) is 9.08. The van der Waals surface area contributed by atoms with Gasteiger partial charge >= 0.3 is 12.4 Å². The molecule has 39 heavy (non-hydrogen) atoms. The van der Waals surface area contributed by atoms with E-state index in [1.54, 1.807) is 6.07 Å². The number of anilines is 2. The largest absolute Gasteiger partial charge is 0.418 e. The van der Waals surface area contributed by atoms with Crippen LogP contribution in [-0.2, 0) is 17.1 Å². The summed E-state index contributed by atoms with van der Waals surface area (Å²) in [6.45, 7) is 4.29. The molecule has 0 spiro atoms. The lowest BCUT2D eigenvalue weighted by atomic mass is 10.0. The monoisotopic (exact) mass is 547 g/mol. The first-order chi connectivity index (χ1) is 18.5. The Labute approximate surface area is 219 Å². The first kappa shape index (κ1) is 26.8. The maximum Gasteiger partial charge on any atom is 0.418 e. The van der Waals surface area contributed by atoms with Gasteiger partial charge in [-0.15, -0.1) is 0 Å². The van der Waals surface area contributed by atoms with Gasteiger partial charge in [-0.05, 0) is 55.5 Å². The van der Waals surface area contributed by atoms with Gasteiger partial charge in [0.25, 0.3) is 0 Å². The van der Waals surface area contributed by atoms with Crippen LogP contribution in [0.1, 0.15) is 29.9 Å². The van der Waals surface area contributed by atoms with Crippen LogP contribution in [0.4, 0.5) is 37.8 Å². The van der Waals surface area contributed by atoms with Crippen molar-refractivity contribution in [2.75, 3.05) is 31.6 Å². The van der Waals surface area contributed by atoms with Crippen LogP contribution in [0.25, 0.3) is 22.2 Å². The Morgan fingerprint density at radius 3 is 2.28 bits per heavy atom. The van der Waals surface area contributed by atoms with Gasteiger partial charge in [-0.3, -0.25) is 9.88 Å². The maximum absolute atomic E-state index is 13.7. The minimum Gasteiger partial charge on any atom is -0.379 e. The van der Waals surface area contributed by atoms with Crippen LogP contribution in [0.2, 0.25) is 0 Å². The van der Waals surface area contributed by atoms with Crippen LogP contribution in [-0.4, -0.2) is 46.2 Å².